The smallest absolute Gasteiger partial charge is 0.420 e. The fourth-order valence-corrected chi connectivity index (χ4v) is 1.50. The van der Waals surface area contributed by atoms with Crippen molar-refractivity contribution in [3.63, 3.8) is 0 Å². The fourth-order valence-electron chi connectivity index (χ4n) is 1.50. The Hall–Kier alpha value is -2.69. The highest BCUT2D eigenvalue weighted by atomic mass is 16.6. The van der Waals surface area contributed by atoms with Gasteiger partial charge in [0.25, 0.3) is 0 Å². The van der Waals surface area contributed by atoms with Gasteiger partial charge in [-0.1, -0.05) is 0 Å². The van der Waals surface area contributed by atoms with Gasteiger partial charge in [0.1, 0.15) is 17.3 Å². The molecule has 0 fully saturated rings. The summed E-state index contributed by atoms with van der Waals surface area (Å²) < 4.78 is 10.5. The second kappa shape index (κ2) is 7.25. The van der Waals surface area contributed by atoms with Crippen molar-refractivity contribution in [3.8, 4) is 6.07 Å². The Morgan fingerprint density at radius 1 is 1.04 bits per heavy atom. The minimum atomic E-state index is -0.845. The summed E-state index contributed by atoms with van der Waals surface area (Å²) in [5.74, 6) is 0. The molecule has 8 nitrogen and oxygen atoms in total. The lowest BCUT2D eigenvalue weighted by molar-refractivity contribution is -0.000515. The molecule has 0 bridgehead atoms. The number of carbonyl (C=O) groups is 2. The molecule has 1 aromatic rings. The summed E-state index contributed by atoms with van der Waals surface area (Å²) in [6, 6.07) is 4.80. The van der Waals surface area contributed by atoms with Crippen LogP contribution >= 0.6 is 0 Å². The molecule has 0 unspecified atom stereocenters. The average molecular weight is 334 g/mol. The zero-order valence-electron chi connectivity index (χ0n) is 14.8. The molecule has 1 rings (SSSR count). The maximum atomic E-state index is 12.3. The first-order chi connectivity index (χ1) is 10.9. The van der Waals surface area contributed by atoms with Crippen molar-refractivity contribution in [3.05, 3.63) is 23.5 Å². The molecule has 0 atom stereocenters. The van der Waals surface area contributed by atoms with Crippen LogP contribution in [-0.2, 0) is 16.0 Å². The van der Waals surface area contributed by atoms with E-state index in [4.69, 9.17) is 14.7 Å². The van der Waals surface area contributed by atoms with Gasteiger partial charge in [0.2, 0.25) is 0 Å². The van der Waals surface area contributed by atoms with Crippen LogP contribution in [0.4, 0.5) is 9.59 Å². The minimum Gasteiger partial charge on any atom is -0.443 e. The van der Waals surface area contributed by atoms with Gasteiger partial charge < -0.3 is 9.47 Å². The third-order valence-corrected chi connectivity index (χ3v) is 2.38. The zero-order chi connectivity index (χ0) is 18.5. The van der Waals surface area contributed by atoms with Crippen molar-refractivity contribution in [2.75, 3.05) is 0 Å². The molecule has 1 heterocycles. The summed E-state index contributed by atoms with van der Waals surface area (Å²) in [5.41, 5.74) is -1.08. The van der Waals surface area contributed by atoms with E-state index < -0.39 is 23.4 Å². The van der Waals surface area contributed by atoms with E-state index in [-0.39, 0.29) is 12.2 Å². The molecule has 0 saturated heterocycles. The Labute approximate surface area is 141 Å². The number of ether oxygens (including phenoxy) is 2. The SMILES string of the molecule is CC(C)(C)OC(=O)N(Cc1ccc(C#N)nn1)C(=O)OC(C)(C)C. The van der Waals surface area contributed by atoms with E-state index in [2.05, 4.69) is 10.2 Å². The quantitative estimate of drug-likeness (QED) is 0.818. The van der Waals surface area contributed by atoms with E-state index in [1.807, 2.05) is 6.07 Å². The van der Waals surface area contributed by atoms with E-state index in [0.29, 0.717) is 5.69 Å². The molecule has 0 aliphatic rings. The third kappa shape index (κ3) is 6.60. The highest BCUT2D eigenvalue weighted by Gasteiger charge is 2.31. The Morgan fingerprint density at radius 2 is 1.54 bits per heavy atom. The molecule has 24 heavy (non-hydrogen) atoms. The van der Waals surface area contributed by atoms with Crippen LogP contribution in [0.25, 0.3) is 0 Å². The number of rotatable bonds is 2. The molecule has 2 amide bonds. The van der Waals surface area contributed by atoms with Gasteiger partial charge in [-0.25, -0.2) is 14.5 Å². The lowest BCUT2D eigenvalue weighted by Gasteiger charge is -2.28. The topological polar surface area (TPSA) is 105 Å². The number of nitrogens with zero attached hydrogens (tertiary/aromatic N) is 4. The molecular formula is C16H22N4O4. The molecule has 8 heteroatoms. The van der Waals surface area contributed by atoms with Crippen molar-refractivity contribution in [2.24, 2.45) is 0 Å². The van der Waals surface area contributed by atoms with Gasteiger partial charge in [-0.15, -0.1) is 5.10 Å². The molecule has 130 valence electrons. The second-order valence-electron chi connectivity index (χ2n) is 7.07. The Kier molecular flexibility index (Phi) is 5.85. The first-order valence-corrected chi connectivity index (χ1v) is 7.37. The van der Waals surface area contributed by atoms with Crippen molar-refractivity contribution in [2.45, 2.75) is 59.3 Å². The number of hydrogen-bond acceptors (Lipinski definition) is 7. The number of carbonyl (C=O) groups excluding carboxylic acids is 2. The molecule has 0 N–H and O–H groups in total. The molecule has 0 saturated carbocycles. The summed E-state index contributed by atoms with van der Waals surface area (Å²) in [6.07, 6.45) is -1.69. The van der Waals surface area contributed by atoms with E-state index in [1.165, 1.54) is 12.1 Å². The Morgan fingerprint density at radius 3 is 1.88 bits per heavy atom. The first kappa shape index (κ1) is 19.4. The normalized spacial score (nSPS) is 11.4. The standard InChI is InChI=1S/C16H22N4O4/c1-15(2,3)23-13(21)20(14(22)24-16(4,5)6)10-12-8-7-11(9-17)18-19-12/h7-8H,10H2,1-6H3. The second-order valence-corrected chi connectivity index (χ2v) is 7.07. The monoisotopic (exact) mass is 334 g/mol. The summed E-state index contributed by atoms with van der Waals surface area (Å²) in [5, 5.41) is 16.2. The highest BCUT2D eigenvalue weighted by molar-refractivity contribution is 5.88. The Balaban J connectivity index is 3.01. The van der Waals surface area contributed by atoms with Crippen molar-refractivity contribution >= 4 is 12.2 Å². The highest BCUT2D eigenvalue weighted by Crippen LogP contribution is 2.16. The van der Waals surface area contributed by atoms with Gasteiger partial charge in [-0.05, 0) is 53.7 Å². The van der Waals surface area contributed by atoms with Crippen molar-refractivity contribution < 1.29 is 19.1 Å². The summed E-state index contributed by atoms with van der Waals surface area (Å²) in [6.45, 7) is 9.99. The van der Waals surface area contributed by atoms with Crippen LogP contribution in [0.1, 0.15) is 52.9 Å². The van der Waals surface area contributed by atoms with Gasteiger partial charge in [-0.3, -0.25) is 0 Å². The van der Waals surface area contributed by atoms with Gasteiger partial charge >= 0.3 is 12.2 Å². The predicted molar refractivity (Wildman–Crippen MR) is 84.8 cm³/mol. The molecule has 0 aromatic carbocycles. The molecule has 0 aliphatic carbocycles. The van der Waals surface area contributed by atoms with E-state index in [0.717, 1.165) is 4.90 Å². The average Bonchev–Trinajstić information content (AvgIpc) is 2.41. The van der Waals surface area contributed by atoms with Gasteiger partial charge in [-0.2, -0.15) is 10.4 Å². The molecule has 0 aliphatic heterocycles. The van der Waals surface area contributed by atoms with Crippen LogP contribution in [0.2, 0.25) is 0 Å². The predicted octanol–water partition coefficient (Wildman–Crippen LogP) is 3.02. The van der Waals surface area contributed by atoms with Crippen LogP contribution in [0.15, 0.2) is 12.1 Å². The maximum absolute atomic E-state index is 12.3. The molecule has 0 radical (unpaired) electrons. The van der Waals surface area contributed by atoms with E-state index >= 15 is 0 Å². The van der Waals surface area contributed by atoms with Crippen LogP contribution in [0, 0.1) is 11.3 Å². The number of nitriles is 1. The lowest BCUT2D eigenvalue weighted by atomic mass is 10.2. The first-order valence-electron chi connectivity index (χ1n) is 7.37. The lowest BCUT2D eigenvalue weighted by Crippen LogP contribution is -2.43. The van der Waals surface area contributed by atoms with Crippen LogP contribution < -0.4 is 0 Å². The summed E-state index contributed by atoms with van der Waals surface area (Å²) >= 11 is 0. The number of imide groups is 1. The van der Waals surface area contributed by atoms with Crippen LogP contribution in [0.5, 0.6) is 0 Å². The molecular weight excluding hydrogens is 312 g/mol. The van der Waals surface area contributed by atoms with Crippen molar-refractivity contribution in [1.29, 1.82) is 5.26 Å². The van der Waals surface area contributed by atoms with Gasteiger partial charge in [0.05, 0.1) is 12.2 Å². The third-order valence-electron chi connectivity index (χ3n) is 2.38. The van der Waals surface area contributed by atoms with Crippen molar-refractivity contribution in [1.82, 2.24) is 15.1 Å². The van der Waals surface area contributed by atoms with Gasteiger partial charge in [0.15, 0.2) is 5.69 Å². The minimum absolute atomic E-state index is 0.139. The van der Waals surface area contributed by atoms with E-state index in [9.17, 15) is 9.59 Å². The zero-order valence-corrected chi connectivity index (χ0v) is 14.8. The van der Waals surface area contributed by atoms with Crippen LogP contribution in [-0.4, -0.2) is 38.5 Å². The summed E-state index contributed by atoms with van der Waals surface area (Å²) in [4.78, 5) is 25.4. The number of amides is 2. The maximum Gasteiger partial charge on any atom is 0.420 e. The fraction of sp³-hybridized carbons (Fsp3) is 0.562. The Bertz CT molecular complexity index is 608. The molecule has 0 spiro atoms. The summed E-state index contributed by atoms with van der Waals surface area (Å²) in [7, 11) is 0. The number of hydrogen-bond donors (Lipinski definition) is 0. The number of aromatic nitrogens is 2. The van der Waals surface area contributed by atoms with Gasteiger partial charge in [0, 0.05) is 0 Å². The largest absolute Gasteiger partial charge is 0.443 e. The van der Waals surface area contributed by atoms with Crippen LogP contribution in [0.3, 0.4) is 0 Å². The molecule has 1 aromatic heterocycles. The van der Waals surface area contributed by atoms with E-state index in [1.54, 1.807) is 41.5 Å².